The van der Waals surface area contributed by atoms with Gasteiger partial charge in [0.05, 0.1) is 24.7 Å². The largest absolute Gasteiger partial charge is 0.390 e. The molecule has 4 nitrogen and oxygen atoms in total. The number of halogens is 1. The first-order chi connectivity index (χ1) is 8.20. The molecule has 0 bridgehead atoms. The fourth-order valence-corrected chi connectivity index (χ4v) is 2.28. The van der Waals surface area contributed by atoms with Gasteiger partial charge in [0.1, 0.15) is 5.82 Å². The molecule has 0 aliphatic rings. The van der Waals surface area contributed by atoms with E-state index in [2.05, 4.69) is 9.97 Å². The molecule has 2 aromatic heterocycles. The van der Waals surface area contributed by atoms with Crippen LogP contribution in [0, 0.1) is 5.82 Å². The first-order valence-electron chi connectivity index (χ1n) is 5.04. The summed E-state index contributed by atoms with van der Waals surface area (Å²) in [5, 5.41) is 9.81. The van der Waals surface area contributed by atoms with Crippen LogP contribution in [0.2, 0.25) is 0 Å². The van der Waals surface area contributed by atoms with Crippen molar-refractivity contribution >= 4 is 11.8 Å². The first-order valence-corrected chi connectivity index (χ1v) is 6.03. The highest BCUT2D eigenvalue weighted by atomic mass is 32.2. The number of rotatable bonds is 4. The van der Waals surface area contributed by atoms with Crippen LogP contribution in [0.1, 0.15) is 11.3 Å². The third kappa shape index (κ3) is 2.83. The zero-order valence-corrected chi connectivity index (χ0v) is 10.1. The maximum atomic E-state index is 12.9. The number of aliphatic hydroxyl groups is 1. The average molecular weight is 253 g/mol. The van der Waals surface area contributed by atoms with Crippen molar-refractivity contribution in [1.82, 2.24) is 14.5 Å². The summed E-state index contributed by atoms with van der Waals surface area (Å²) in [7, 11) is 1.84. The van der Waals surface area contributed by atoms with Crippen molar-refractivity contribution in [3.05, 3.63) is 41.7 Å². The van der Waals surface area contributed by atoms with Crippen LogP contribution >= 0.6 is 11.8 Å². The predicted octanol–water partition coefficient (Wildman–Crippen LogP) is 1.74. The molecular formula is C11H12FN3OS. The van der Waals surface area contributed by atoms with Gasteiger partial charge in [0.15, 0.2) is 5.16 Å². The smallest absolute Gasteiger partial charge is 0.168 e. The second-order valence-electron chi connectivity index (χ2n) is 3.55. The molecule has 0 fully saturated rings. The molecule has 6 heteroatoms. The summed E-state index contributed by atoms with van der Waals surface area (Å²) < 4.78 is 14.7. The minimum atomic E-state index is -0.334. The number of hydrogen-bond donors (Lipinski definition) is 1. The van der Waals surface area contributed by atoms with E-state index in [1.165, 1.54) is 24.0 Å². The third-order valence-electron chi connectivity index (χ3n) is 2.33. The van der Waals surface area contributed by atoms with E-state index in [4.69, 9.17) is 5.11 Å². The number of aromatic nitrogens is 3. The van der Waals surface area contributed by atoms with Crippen molar-refractivity contribution in [1.29, 1.82) is 0 Å². The van der Waals surface area contributed by atoms with Crippen LogP contribution in [0.4, 0.5) is 4.39 Å². The van der Waals surface area contributed by atoms with Crippen LogP contribution in [0.15, 0.2) is 29.8 Å². The SMILES string of the molecule is Cn1c(CO)cnc1SCc1cncc(F)c1. The highest BCUT2D eigenvalue weighted by molar-refractivity contribution is 7.98. The minimum absolute atomic E-state index is 0.0361. The summed E-state index contributed by atoms with van der Waals surface area (Å²) in [5.74, 6) is 0.263. The quantitative estimate of drug-likeness (QED) is 0.843. The van der Waals surface area contributed by atoms with E-state index >= 15 is 0 Å². The second-order valence-corrected chi connectivity index (χ2v) is 4.49. The lowest BCUT2D eigenvalue weighted by atomic mass is 10.3. The molecule has 2 rings (SSSR count). The molecular weight excluding hydrogens is 241 g/mol. The zero-order valence-electron chi connectivity index (χ0n) is 9.30. The number of imidazole rings is 1. The van der Waals surface area contributed by atoms with Gasteiger partial charge >= 0.3 is 0 Å². The van der Waals surface area contributed by atoms with Gasteiger partial charge in [0.2, 0.25) is 0 Å². The van der Waals surface area contributed by atoms with Crippen LogP contribution in [-0.4, -0.2) is 19.6 Å². The van der Waals surface area contributed by atoms with E-state index in [1.807, 2.05) is 11.6 Å². The Balaban J connectivity index is 2.05. The topological polar surface area (TPSA) is 50.9 Å². The Kier molecular flexibility index (Phi) is 3.75. The lowest BCUT2D eigenvalue weighted by Gasteiger charge is -2.03. The van der Waals surface area contributed by atoms with Crippen molar-refractivity contribution in [2.45, 2.75) is 17.5 Å². The normalized spacial score (nSPS) is 10.8. The van der Waals surface area contributed by atoms with Gasteiger partial charge in [-0.3, -0.25) is 4.98 Å². The first kappa shape index (κ1) is 12.1. The predicted molar refractivity (Wildman–Crippen MR) is 62.9 cm³/mol. The summed E-state index contributed by atoms with van der Waals surface area (Å²) >= 11 is 1.48. The Labute approximate surface area is 103 Å². The minimum Gasteiger partial charge on any atom is -0.390 e. The Morgan fingerprint density at radius 1 is 1.41 bits per heavy atom. The molecule has 0 spiro atoms. The molecule has 17 heavy (non-hydrogen) atoms. The van der Waals surface area contributed by atoms with Crippen LogP contribution in [0.5, 0.6) is 0 Å². The standard InChI is InChI=1S/C11H12FN3OS/c1-15-10(6-16)5-14-11(15)17-7-8-2-9(12)4-13-3-8/h2-5,16H,6-7H2,1H3. The maximum Gasteiger partial charge on any atom is 0.168 e. The van der Waals surface area contributed by atoms with Crippen LogP contribution in [-0.2, 0) is 19.4 Å². The van der Waals surface area contributed by atoms with Gasteiger partial charge in [0, 0.05) is 19.0 Å². The monoisotopic (exact) mass is 253 g/mol. The highest BCUT2D eigenvalue weighted by Crippen LogP contribution is 2.21. The maximum absolute atomic E-state index is 12.9. The lowest BCUT2D eigenvalue weighted by molar-refractivity contribution is 0.271. The van der Waals surface area contributed by atoms with Gasteiger partial charge < -0.3 is 9.67 Å². The molecule has 90 valence electrons. The Morgan fingerprint density at radius 3 is 2.88 bits per heavy atom. The fraction of sp³-hybridized carbons (Fsp3) is 0.273. The third-order valence-corrected chi connectivity index (χ3v) is 3.45. The molecule has 2 heterocycles. The van der Waals surface area contributed by atoms with Crippen molar-refractivity contribution in [3.63, 3.8) is 0 Å². The number of pyridine rings is 1. The number of thioether (sulfide) groups is 1. The molecule has 0 saturated heterocycles. The molecule has 1 N–H and O–H groups in total. The van der Waals surface area contributed by atoms with E-state index < -0.39 is 0 Å². The summed E-state index contributed by atoms with van der Waals surface area (Å²) in [6.07, 6.45) is 4.44. The molecule has 2 aromatic rings. The zero-order chi connectivity index (χ0) is 12.3. The van der Waals surface area contributed by atoms with Gasteiger partial charge in [-0.05, 0) is 11.6 Å². The number of hydrogen-bond acceptors (Lipinski definition) is 4. The molecule has 0 atom stereocenters. The van der Waals surface area contributed by atoms with Crippen LogP contribution < -0.4 is 0 Å². The van der Waals surface area contributed by atoms with E-state index in [-0.39, 0.29) is 12.4 Å². The van der Waals surface area contributed by atoms with E-state index in [9.17, 15) is 4.39 Å². The van der Waals surface area contributed by atoms with E-state index in [0.717, 1.165) is 16.4 Å². The number of nitrogens with zero attached hydrogens (tertiary/aromatic N) is 3. The summed E-state index contributed by atoms with van der Waals surface area (Å²) in [5.41, 5.74) is 1.56. The van der Waals surface area contributed by atoms with Crippen LogP contribution in [0.25, 0.3) is 0 Å². The molecule has 0 amide bonds. The average Bonchev–Trinajstić information content (AvgIpc) is 2.67. The summed E-state index contributed by atoms with van der Waals surface area (Å²) in [6.45, 7) is -0.0361. The van der Waals surface area contributed by atoms with Crippen LogP contribution in [0.3, 0.4) is 0 Å². The Bertz CT molecular complexity index is 515. The molecule has 0 radical (unpaired) electrons. The fourth-order valence-electron chi connectivity index (χ4n) is 1.39. The Morgan fingerprint density at radius 2 is 2.24 bits per heavy atom. The van der Waals surface area contributed by atoms with Crippen molar-refractivity contribution in [2.75, 3.05) is 0 Å². The summed E-state index contributed by atoms with van der Waals surface area (Å²) in [4.78, 5) is 7.96. The molecule has 0 aliphatic heterocycles. The second kappa shape index (κ2) is 5.29. The highest BCUT2D eigenvalue weighted by Gasteiger charge is 2.06. The van der Waals surface area contributed by atoms with Crippen molar-refractivity contribution in [2.24, 2.45) is 7.05 Å². The van der Waals surface area contributed by atoms with E-state index in [1.54, 1.807) is 12.4 Å². The van der Waals surface area contributed by atoms with Crippen molar-refractivity contribution in [3.8, 4) is 0 Å². The van der Waals surface area contributed by atoms with Gasteiger partial charge in [-0.15, -0.1) is 0 Å². The summed E-state index contributed by atoms with van der Waals surface area (Å²) in [6, 6.07) is 1.45. The molecule has 0 aliphatic carbocycles. The Hall–Kier alpha value is -1.40. The number of aliphatic hydroxyl groups excluding tert-OH is 1. The van der Waals surface area contributed by atoms with Crippen molar-refractivity contribution < 1.29 is 9.50 Å². The van der Waals surface area contributed by atoms with Gasteiger partial charge in [0.25, 0.3) is 0 Å². The van der Waals surface area contributed by atoms with Gasteiger partial charge in [-0.1, -0.05) is 11.8 Å². The van der Waals surface area contributed by atoms with E-state index in [0.29, 0.717) is 5.75 Å². The van der Waals surface area contributed by atoms with Gasteiger partial charge in [-0.2, -0.15) is 0 Å². The molecule has 0 aromatic carbocycles. The lowest BCUT2D eigenvalue weighted by Crippen LogP contribution is -1.97. The van der Waals surface area contributed by atoms with Gasteiger partial charge in [-0.25, -0.2) is 9.37 Å². The molecule has 0 unspecified atom stereocenters. The molecule has 0 saturated carbocycles.